The summed E-state index contributed by atoms with van der Waals surface area (Å²) in [4.78, 5) is 14.8. The van der Waals surface area contributed by atoms with Gasteiger partial charge in [-0.2, -0.15) is 0 Å². The van der Waals surface area contributed by atoms with Crippen LogP contribution in [0.25, 0.3) is 0 Å². The van der Waals surface area contributed by atoms with Crippen molar-refractivity contribution >= 4 is 5.91 Å². The van der Waals surface area contributed by atoms with Crippen molar-refractivity contribution in [3.63, 3.8) is 0 Å². The number of hydrogen-bond acceptors (Lipinski definition) is 5. The number of nitrogens with zero attached hydrogens (tertiary/aromatic N) is 2. The number of piperidine rings is 1. The van der Waals surface area contributed by atoms with E-state index in [1.54, 1.807) is 12.1 Å². The minimum atomic E-state index is -0.0375. The molecule has 0 saturated carbocycles. The van der Waals surface area contributed by atoms with Crippen molar-refractivity contribution in [2.75, 3.05) is 26.2 Å². The summed E-state index contributed by atoms with van der Waals surface area (Å²) in [6.45, 7) is 10.6. The quantitative estimate of drug-likeness (QED) is 0.702. The Morgan fingerprint density at radius 3 is 2.61 bits per heavy atom. The maximum atomic E-state index is 12.3. The lowest BCUT2D eigenvalue weighted by molar-refractivity contribution is 0.0950. The molecular formula is C22H31N3O3. The van der Waals surface area contributed by atoms with Gasteiger partial charge >= 0.3 is 0 Å². The van der Waals surface area contributed by atoms with Crippen LogP contribution in [0, 0.1) is 19.8 Å². The van der Waals surface area contributed by atoms with Crippen molar-refractivity contribution in [2.24, 2.45) is 5.92 Å². The van der Waals surface area contributed by atoms with E-state index >= 15 is 0 Å². The Morgan fingerprint density at radius 2 is 1.96 bits per heavy atom. The van der Waals surface area contributed by atoms with E-state index in [1.807, 2.05) is 26.0 Å². The number of aryl methyl sites for hydroxylation is 2. The van der Waals surface area contributed by atoms with Crippen LogP contribution in [0.2, 0.25) is 0 Å². The van der Waals surface area contributed by atoms with Crippen molar-refractivity contribution in [1.29, 1.82) is 0 Å². The maximum absolute atomic E-state index is 12.3. The molecule has 0 radical (unpaired) electrons. The number of nitrogens with one attached hydrogen (secondary N) is 1. The first-order valence-electron chi connectivity index (χ1n) is 10.2. The minimum absolute atomic E-state index is 0.0375. The van der Waals surface area contributed by atoms with Crippen molar-refractivity contribution < 1.29 is 14.1 Å². The normalized spacial score (nSPS) is 15.5. The zero-order valence-corrected chi connectivity index (χ0v) is 17.2. The highest BCUT2D eigenvalue weighted by Crippen LogP contribution is 2.18. The number of benzene rings is 1. The van der Waals surface area contributed by atoms with Crippen molar-refractivity contribution in [2.45, 2.75) is 46.6 Å². The molecule has 6 nitrogen and oxygen atoms in total. The third kappa shape index (κ3) is 5.58. The number of carbonyl (C=O) groups is 1. The zero-order chi connectivity index (χ0) is 19.9. The van der Waals surface area contributed by atoms with E-state index in [0.29, 0.717) is 18.7 Å². The number of hydrogen-bond donors (Lipinski definition) is 1. The Kier molecular flexibility index (Phi) is 7.09. The van der Waals surface area contributed by atoms with Gasteiger partial charge < -0.3 is 19.5 Å². The molecule has 0 atom stereocenters. The SMILES string of the molecule is Cc1noc(C)c1COc1ccc(C(=O)NCCCN2CCC(C)CC2)cc1. The molecule has 1 fully saturated rings. The van der Waals surface area contributed by atoms with E-state index in [9.17, 15) is 4.79 Å². The fourth-order valence-corrected chi connectivity index (χ4v) is 3.46. The molecule has 1 aliphatic heterocycles. The molecule has 1 aromatic carbocycles. The van der Waals surface area contributed by atoms with Gasteiger partial charge in [-0.05, 0) is 82.9 Å². The van der Waals surface area contributed by atoms with Gasteiger partial charge in [0.05, 0.1) is 11.3 Å². The van der Waals surface area contributed by atoms with Crippen LogP contribution in [0.1, 0.15) is 53.6 Å². The standard InChI is InChI=1S/C22H31N3O3/c1-16-9-13-25(14-10-16)12-4-11-23-22(26)19-5-7-20(8-6-19)27-15-21-17(2)24-28-18(21)3/h5-8,16H,4,9-15H2,1-3H3,(H,23,26). The average Bonchev–Trinajstić information content (AvgIpc) is 3.03. The molecule has 2 heterocycles. The van der Waals surface area contributed by atoms with Gasteiger partial charge in [-0.3, -0.25) is 4.79 Å². The second-order valence-corrected chi connectivity index (χ2v) is 7.75. The smallest absolute Gasteiger partial charge is 0.251 e. The van der Waals surface area contributed by atoms with Crippen LogP contribution >= 0.6 is 0 Å². The fraction of sp³-hybridized carbons (Fsp3) is 0.545. The number of amides is 1. The third-order valence-electron chi connectivity index (χ3n) is 5.49. The molecule has 3 rings (SSSR count). The summed E-state index contributed by atoms with van der Waals surface area (Å²) in [6.07, 6.45) is 3.56. The second kappa shape index (κ2) is 9.73. The predicted molar refractivity (Wildman–Crippen MR) is 109 cm³/mol. The van der Waals surface area contributed by atoms with Gasteiger partial charge in [-0.25, -0.2) is 0 Å². The first kappa shape index (κ1) is 20.4. The zero-order valence-electron chi connectivity index (χ0n) is 17.2. The first-order chi connectivity index (χ1) is 13.5. The van der Waals surface area contributed by atoms with Crippen LogP contribution in [-0.2, 0) is 6.61 Å². The first-order valence-corrected chi connectivity index (χ1v) is 10.2. The summed E-state index contributed by atoms with van der Waals surface area (Å²) >= 11 is 0. The number of carbonyl (C=O) groups excluding carboxylic acids is 1. The van der Waals surface area contributed by atoms with E-state index in [2.05, 4.69) is 22.3 Å². The number of rotatable bonds is 8. The molecule has 1 saturated heterocycles. The Hall–Kier alpha value is -2.34. The van der Waals surface area contributed by atoms with E-state index in [0.717, 1.165) is 41.7 Å². The van der Waals surface area contributed by atoms with E-state index in [-0.39, 0.29) is 5.91 Å². The number of aromatic nitrogens is 1. The molecule has 0 spiro atoms. The van der Waals surface area contributed by atoms with Crippen molar-refractivity contribution in [3.8, 4) is 5.75 Å². The lowest BCUT2D eigenvalue weighted by atomic mass is 9.99. The second-order valence-electron chi connectivity index (χ2n) is 7.75. The monoisotopic (exact) mass is 385 g/mol. The molecule has 1 amide bonds. The number of ether oxygens (including phenoxy) is 1. The van der Waals surface area contributed by atoms with Gasteiger partial charge in [-0.15, -0.1) is 0 Å². The molecule has 0 bridgehead atoms. The van der Waals surface area contributed by atoms with Gasteiger partial charge in [0.25, 0.3) is 5.91 Å². The number of likely N-dealkylation sites (tertiary alicyclic amines) is 1. The largest absolute Gasteiger partial charge is 0.489 e. The minimum Gasteiger partial charge on any atom is -0.489 e. The van der Waals surface area contributed by atoms with Gasteiger partial charge in [-0.1, -0.05) is 12.1 Å². The summed E-state index contributed by atoms with van der Waals surface area (Å²) in [5.41, 5.74) is 2.45. The van der Waals surface area contributed by atoms with Crippen LogP contribution < -0.4 is 10.1 Å². The molecule has 1 aromatic heterocycles. The van der Waals surface area contributed by atoms with E-state index in [4.69, 9.17) is 9.26 Å². The summed E-state index contributed by atoms with van der Waals surface area (Å²) in [7, 11) is 0. The lowest BCUT2D eigenvalue weighted by Gasteiger charge is -2.30. The van der Waals surface area contributed by atoms with E-state index in [1.165, 1.54) is 25.9 Å². The average molecular weight is 386 g/mol. The molecule has 28 heavy (non-hydrogen) atoms. The molecule has 1 aliphatic rings. The lowest BCUT2D eigenvalue weighted by Crippen LogP contribution is -2.35. The maximum Gasteiger partial charge on any atom is 0.251 e. The molecule has 6 heteroatoms. The molecule has 1 N–H and O–H groups in total. The molecule has 2 aromatic rings. The fourth-order valence-electron chi connectivity index (χ4n) is 3.46. The molecular weight excluding hydrogens is 354 g/mol. The van der Waals surface area contributed by atoms with Gasteiger partial charge in [0.1, 0.15) is 18.1 Å². The highest BCUT2D eigenvalue weighted by atomic mass is 16.5. The van der Waals surface area contributed by atoms with Gasteiger partial charge in [0.15, 0.2) is 0 Å². The van der Waals surface area contributed by atoms with Crippen LogP contribution in [0.15, 0.2) is 28.8 Å². The van der Waals surface area contributed by atoms with Crippen LogP contribution in [0.3, 0.4) is 0 Å². The van der Waals surface area contributed by atoms with Crippen molar-refractivity contribution in [1.82, 2.24) is 15.4 Å². The summed E-state index contributed by atoms with van der Waals surface area (Å²) < 4.78 is 10.9. The summed E-state index contributed by atoms with van der Waals surface area (Å²) in [5, 5.41) is 6.93. The highest BCUT2D eigenvalue weighted by Gasteiger charge is 2.15. The van der Waals surface area contributed by atoms with Crippen LogP contribution in [-0.4, -0.2) is 42.1 Å². The summed E-state index contributed by atoms with van der Waals surface area (Å²) in [6, 6.07) is 7.23. The highest BCUT2D eigenvalue weighted by molar-refractivity contribution is 5.94. The van der Waals surface area contributed by atoms with Crippen LogP contribution in [0.5, 0.6) is 5.75 Å². The Balaban J connectivity index is 1.38. The van der Waals surface area contributed by atoms with Crippen LogP contribution in [0.4, 0.5) is 0 Å². The molecule has 0 aliphatic carbocycles. The Bertz CT molecular complexity index is 742. The molecule has 0 unspecified atom stereocenters. The summed E-state index contributed by atoms with van der Waals surface area (Å²) in [5.74, 6) is 2.31. The molecule has 152 valence electrons. The Morgan fingerprint density at radius 1 is 1.25 bits per heavy atom. The third-order valence-corrected chi connectivity index (χ3v) is 5.49. The van der Waals surface area contributed by atoms with Crippen molar-refractivity contribution in [3.05, 3.63) is 46.8 Å². The Labute approximate surface area is 167 Å². The topological polar surface area (TPSA) is 67.6 Å². The predicted octanol–water partition coefficient (Wildman–Crippen LogP) is 3.72. The van der Waals surface area contributed by atoms with E-state index < -0.39 is 0 Å². The van der Waals surface area contributed by atoms with Gasteiger partial charge in [0, 0.05) is 12.1 Å². The van der Waals surface area contributed by atoms with Gasteiger partial charge in [0.2, 0.25) is 0 Å².